The second kappa shape index (κ2) is 8.53. The van der Waals surface area contributed by atoms with E-state index in [-0.39, 0.29) is 24.1 Å². The van der Waals surface area contributed by atoms with E-state index in [9.17, 15) is 14.9 Å². The third-order valence-corrected chi connectivity index (χ3v) is 5.04. The molecule has 3 aromatic rings. The number of amides is 1. The molecule has 29 heavy (non-hydrogen) atoms. The summed E-state index contributed by atoms with van der Waals surface area (Å²) >= 11 is 0. The maximum Gasteiger partial charge on any atom is 0.285 e. The minimum Gasteiger partial charge on any atom is -0.333 e. The van der Waals surface area contributed by atoms with Crippen molar-refractivity contribution in [3.05, 3.63) is 99.0 Å². The molecule has 0 atom stereocenters. The topological polar surface area (TPSA) is 79.0 Å². The molecule has 0 fully saturated rings. The average molecular weight is 386 g/mol. The van der Waals surface area contributed by atoms with E-state index in [0.717, 1.165) is 15.8 Å². The number of aromatic nitrogens is 2. The summed E-state index contributed by atoms with van der Waals surface area (Å²) in [5.41, 5.74) is 2.50. The van der Waals surface area contributed by atoms with Crippen molar-refractivity contribution in [1.82, 2.24) is 14.7 Å². The quantitative estimate of drug-likeness (QED) is 0.675. The van der Waals surface area contributed by atoms with Crippen molar-refractivity contribution in [2.75, 3.05) is 7.05 Å². The first-order chi connectivity index (χ1) is 13.9. The zero-order valence-corrected chi connectivity index (χ0v) is 16.7. The van der Waals surface area contributed by atoms with Gasteiger partial charge in [-0.05, 0) is 30.5 Å². The van der Waals surface area contributed by atoms with E-state index < -0.39 is 5.56 Å². The molecule has 0 saturated heterocycles. The number of carbonyl (C=O) groups is 1. The molecule has 1 aromatic heterocycles. The van der Waals surface area contributed by atoms with Crippen molar-refractivity contribution < 1.29 is 4.79 Å². The lowest BCUT2D eigenvalue weighted by Gasteiger charge is -2.29. The molecule has 0 aliphatic rings. The fraction of sp³-hybridized carbons (Fsp3) is 0.217. The Morgan fingerprint density at radius 2 is 1.59 bits per heavy atom. The van der Waals surface area contributed by atoms with Gasteiger partial charge in [-0.3, -0.25) is 9.59 Å². The summed E-state index contributed by atoms with van der Waals surface area (Å²) in [5, 5.41) is 13.5. The molecule has 0 saturated carbocycles. The van der Waals surface area contributed by atoms with Crippen molar-refractivity contribution in [2.24, 2.45) is 0 Å². The number of nitrogens with zero attached hydrogens (tertiary/aromatic N) is 4. The van der Waals surface area contributed by atoms with Crippen LogP contribution in [0.3, 0.4) is 0 Å². The Morgan fingerprint density at radius 3 is 2.07 bits per heavy atom. The number of aryl methyl sites for hydroxylation is 1. The molecular weight excluding hydrogens is 364 g/mol. The van der Waals surface area contributed by atoms with Crippen LogP contribution in [0, 0.1) is 25.2 Å². The summed E-state index contributed by atoms with van der Waals surface area (Å²) in [5.74, 6) is -0.274. The number of hydrogen-bond acceptors (Lipinski definition) is 4. The van der Waals surface area contributed by atoms with Gasteiger partial charge in [0.1, 0.15) is 18.2 Å². The molecule has 6 nitrogen and oxygen atoms in total. The summed E-state index contributed by atoms with van der Waals surface area (Å²) in [6, 6.07) is 21.1. The SMILES string of the molecule is Cc1nn(CC(=O)N(C)C(c2ccccc2)c2ccccc2)c(=O)c(C#N)c1C. The molecule has 0 N–H and O–H groups in total. The zero-order chi connectivity index (χ0) is 21.0. The van der Waals surface area contributed by atoms with Gasteiger partial charge in [-0.1, -0.05) is 60.7 Å². The molecule has 0 unspecified atom stereocenters. The summed E-state index contributed by atoms with van der Waals surface area (Å²) in [6.07, 6.45) is 0. The molecule has 0 radical (unpaired) electrons. The third-order valence-electron chi connectivity index (χ3n) is 5.04. The van der Waals surface area contributed by atoms with E-state index in [4.69, 9.17) is 0 Å². The highest BCUT2D eigenvalue weighted by Crippen LogP contribution is 2.27. The minimum atomic E-state index is -0.548. The second-order valence-corrected chi connectivity index (χ2v) is 6.89. The first kappa shape index (κ1) is 20.0. The van der Waals surface area contributed by atoms with E-state index in [2.05, 4.69) is 5.10 Å². The van der Waals surface area contributed by atoms with Crippen LogP contribution < -0.4 is 5.56 Å². The van der Waals surface area contributed by atoms with Crippen LogP contribution >= 0.6 is 0 Å². The van der Waals surface area contributed by atoms with E-state index in [1.165, 1.54) is 0 Å². The number of benzene rings is 2. The Kier molecular flexibility index (Phi) is 5.89. The molecule has 0 aliphatic heterocycles. The predicted octanol–water partition coefficient (Wildman–Crippen LogP) is 2.98. The monoisotopic (exact) mass is 386 g/mol. The Hall–Kier alpha value is -3.72. The summed E-state index contributed by atoms with van der Waals surface area (Å²) < 4.78 is 1.08. The zero-order valence-electron chi connectivity index (χ0n) is 16.7. The molecule has 6 heteroatoms. The smallest absolute Gasteiger partial charge is 0.285 e. The van der Waals surface area contributed by atoms with E-state index >= 15 is 0 Å². The van der Waals surface area contributed by atoms with Crippen LogP contribution in [0.15, 0.2) is 65.5 Å². The highest BCUT2D eigenvalue weighted by molar-refractivity contribution is 5.76. The van der Waals surface area contributed by atoms with Gasteiger partial charge >= 0.3 is 0 Å². The first-order valence-corrected chi connectivity index (χ1v) is 9.28. The molecule has 1 heterocycles. The van der Waals surface area contributed by atoms with Crippen LogP contribution in [0.25, 0.3) is 0 Å². The summed E-state index contributed by atoms with van der Waals surface area (Å²) in [6.45, 7) is 3.17. The molecule has 0 spiro atoms. The van der Waals surface area contributed by atoms with Crippen LogP contribution in [0.5, 0.6) is 0 Å². The van der Waals surface area contributed by atoms with Gasteiger partial charge in [0.05, 0.1) is 11.7 Å². The van der Waals surface area contributed by atoms with Crippen LogP contribution in [0.1, 0.15) is 34.0 Å². The van der Waals surface area contributed by atoms with Crippen LogP contribution in [-0.2, 0) is 11.3 Å². The maximum atomic E-state index is 13.1. The van der Waals surface area contributed by atoms with Crippen molar-refractivity contribution in [1.29, 1.82) is 5.26 Å². The van der Waals surface area contributed by atoms with Gasteiger partial charge in [0.15, 0.2) is 0 Å². The highest BCUT2D eigenvalue weighted by atomic mass is 16.2. The number of rotatable bonds is 5. The molecule has 146 valence electrons. The minimum absolute atomic E-state index is 0.0237. The Morgan fingerprint density at radius 1 is 1.07 bits per heavy atom. The molecule has 0 aliphatic carbocycles. The van der Waals surface area contributed by atoms with Gasteiger partial charge in [-0.15, -0.1) is 0 Å². The van der Waals surface area contributed by atoms with E-state index in [1.807, 2.05) is 66.7 Å². The van der Waals surface area contributed by atoms with Crippen molar-refractivity contribution in [3.63, 3.8) is 0 Å². The van der Waals surface area contributed by atoms with Crippen molar-refractivity contribution >= 4 is 5.91 Å². The lowest BCUT2D eigenvalue weighted by Crippen LogP contribution is -2.38. The fourth-order valence-electron chi connectivity index (χ4n) is 3.30. The third kappa shape index (κ3) is 4.09. The summed E-state index contributed by atoms with van der Waals surface area (Å²) in [4.78, 5) is 27.3. The Balaban J connectivity index is 1.97. The van der Waals surface area contributed by atoms with Gasteiger partial charge in [0.2, 0.25) is 5.91 Å². The maximum absolute atomic E-state index is 13.1. The average Bonchev–Trinajstić information content (AvgIpc) is 2.74. The van der Waals surface area contributed by atoms with Crippen LogP contribution in [0.2, 0.25) is 0 Å². The largest absolute Gasteiger partial charge is 0.333 e. The van der Waals surface area contributed by atoms with Crippen molar-refractivity contribution in [2.45, 2.75) is 26.4 Å². The number of carbonyl (C=O) groups excluding carboxylic acids is 1. The standard InChI is InChI=1S/C23H22N4O2/c1-16-17(2)25-27(23(29)20(16)14-24)15-21(28)26(3)22(18-10-6-4-7-11-18)19-12-8-5-9-13-19/h4-13,22H,15H2,1-3H3. The van der Waals surface area contributed by atoms with E-state index in [0.29, 0.717) is 11.3 Å². The van der Waals surface area contributed by atoms with Crippen molar-refractivity contribution in [3.8, 4) is 6.07 Å². The number of nitriles is 1. The Labute approximate surface area is 169 Å². The van der Waals surface area contributed by atoms with Gasteiger partial charge in [-0.2, -0.15) is 10.4 Å². The fourth-order valence-corrected chi connectivity index (χ4v) is 3.30. The molecule has 0 bridgehead atoms. The molecule has 1 amide bonds. The normalized spacial score (nSPS) is 10.6. The van der Waals surface area contributed by atoms with Gasteiger partial charge in [0, 0.05) is 7.05 Å². The molecule has 2 aromatic carbocycles. The van der Waals surface area contributed by atoms with Crippen LogP contribution in [-0.4, -0.2) is 27.6 Å². The lowest BCUT2D eigenvalue weighted by atomic mass is 9.97. The number of hydrogen-bond donors (Lipinski definition) is 0. The van der Waals surface area contributed by atoms with E-state index in [1.54, 1.807) is 25.8 Å². The summed E-state index contributed by atoms with van der Waals surface area (Å²) in [7, 11) is 1.71. The predicted molar refractivity (Wildman–Crippen MR) is 110 cm³/mol. The van der Waals surface area contributed by atoms with Crippen LogP contribution in [0.4, 0.5) is 0 Å². The highest BCUT2D eigenvalue weighted by Gasteiger charge is 2.24. The molecule has 3 rings (SSSR count). The first-order valence-electron chi connectivity index (χ1n) is 9.28. The van der Waals surface area contributed by atoms with Gasteiger partial charge in [-0.25, -0.2) is 4.68 Å². The lowest BCUT2D eigenvalue weighted by molar-refractivity contribution is -0.132. The van der Waals surface area contributed by atoms with Gasteiger partial charge < -0.3 is 4.90 Å². The Bertz CT molecular complexity index is 1080. The molecular formula is C23H22N4O2. The van der Waals surface area contributed by atoms with Gasteiger partial charge in [0.25, 0.3) is 5.56 Å². The second-order valence-electron chi connectivity index (χ2n) is 6.89. The number of likely N-dealkylation sites (N-methyl/N-ethyl adjacent to an activating group) is 1.